The number of anilines is 1. The summed E-state index contributed by atoms with van der Waals surface area (Å²) in [6, 6.07) is 17.4. The summed E-state index contributed by atoms with van der Waals surface area (Å²) in [5.74, 6) is 0.141. The van der Waals surface area contributed by atoms with Gasteiger partial charge in [-0.15, -0.1) is 0 Å². The Morgan fingerprint density at radius 2 is 1.67 bits per heavy atom. The number of nitrogens with zero attached hydrogens (tertiary/aromatic N) is 1. The van der Waals surface area contributed by atoms with Crippen molar-refractivity contribution >= 4 is 37.5 Å². The van der Waals surface area contributed by atoms with Crippen LogP contribution in [0.25, 0.3) is 0 Å². The molecule has 0 atom stereocenters. The normalized spacial score (nSPS) is 11.5. The van der Waals surface area contributed by atoms with Gasteiger partial charge in [0.15, 0.2) is 6.61 Å². The molecule has 0 fully saturated rings. The van der Waals surface area contributed by atoms with Crippen molar-refractivity contribution in [1.29, 1.82) is 0 Å². The van der Waals surface area contributed by atoms with Gasteiger partial charge in [0.25, 0.3) is 15.9 Å². The van der Waals surface area contributed by atoms with Crippen molar-refractivity contribution in [1.82, 2.24) is 0 Å². The van der Waals surface area contributed by atoms with Crippen molar-refractivity contribution < 1.29 is 17.9 Å². The van der Waals surface area contributed by atoms with E-state index in [2.05, 4.69) is 29.8 Å². The molecule has 5 nitrogen and oxygen atoms in total. The van der Waals surface area contributed by atoms with Gasteiger partial charge in [-0.05, 0) is 89.6 Å². The second-order valence-corrected chi connectivity index (χ2v) is 11.0. The minimum Gasteiger partial charge on any atom is -0.483 e. The van der Waals surface area contributed by atoms with E-state index in [1.807, 2.05) is 32.0 Å². The highest BCUT2D eigenvalue weighted by atomic mass is 79.9. The number of amides is 1. The van der Waals surface area contributed by atoms with Crippen LogP contribution in [-0.2, 0) is 14.8 Å². The van der Waals surface area contributed by atoms with Crippen molar-refractivity contribution in [3.05, 3.63) is 87.4 Å². The van der Waals surface area contributed by atoms with E-state index in [1.165, 1.54) is 12.1 Å². The van der Waals surface area contributed by atoms with Gasteiger partial charge in [-0.3, -0.25) is 4.79 Å². The molecule has 174 valence electrons. The highest BCUT2D eigenvalue weighted by Gasteiger charge is 2.32. The molecule has 1 amide bonds. The molecule has 0 saturated heterocycles. The largest absolute Gasteiger partial charge is 0.483 e. The highest BCUT2D eigenvalue weighted by molar-refractivity contribution is 9.10. The molecule has 3 aromatic rings. The maximum atomic E-state index is 13.6. The summed E-state index contributed by atoms with van der Waals surface area (Å²) >= 11 is 3.48. The van der Waals surface area contributed by atoms with Gasteiger partial charge < -0.3 is 4.74 Å². The van der Waals surface area contributed by atoms with Gasteiger partial charge in [-0.25, -0.2) is 8.42 Å². The van der Waals surface area contributed by atoms with Crippen LogP contribution < -0.4 is 9.04 Å². The van der Waals surface area contributed by atoms with E-state index >= 15 is 0 Å². The molecule has 0 aliphatic carbocycles. The molecule has 0 bridgehead atoms. The summed E-state index contributed by atoms with van der Waals surface area (Å²) in [6.45, 7) is 9.30. The average Bonchev–Trinajstić information content (AvgIpc) is 2.76. The minimum atomic E-state index is -4.15. The van der Waals surface area contributed by atoms with E-state index in [-0.39, 0.29) is 4.90 Å². The van der Waals surface area contributed by atoms with E-state index in [0.29, 0.717) is 27.4 Å². The summed E-state index contributed by atoms with van der Waals surface area (Å²) in [6.07, 6.45) is 0. The Labute approximate surface area is 204 Å². The number of benzene rings is 3. The van der Waals surface area contributed by atoms with Crippen molar-refractivity contribution in [2.45, 2.75) is 45.4 Å². The lowest BCUT2D eigenvalue weighted by molar-refractivity contribution is -0.119. The van der Waals surface area contributed by atoms with Crippen LogP contribution in [0.5, 0.6) is 5.75 Å². The number of halogens is 1. The second-order valence-electron chi connectivity index (χ2n) is 8.33. The lowest BCUT2D eigenvalue weighted by atomic mass is 10.0. The zero-order valence-corrected chi connectivity index (χ0v) is 21.8. The van der Waals surface area contributed by atoms with Gasteiger partial charge in [-0.1, -0.05) is 49.7 Å². The fourth-order valence-corrected chi connectivity index (χ4v) is 5.34. The number of ether oxygens (including phenoxy) is 1. The van der Waals surface area contributed by atoms with Gasteiger partial charge in [0.2, 0.25) is 0 Å². The maximum absolute atomic E-state index is 13.6. The predicted molar refractivity (Wildman–Crippen MR) is 135 cm³/mol. The Morgan fingerprint density at radius 3 is 2.27 bits per heavy atom. The van der Waals surface area contributed by atoms with Crippen LogP contribution in [0.15, 0.2) is 70.0 Å². The van der Waals surface area contributed by atoms with E-state index in [0.717, 1.165) is 21.0 Å². The Kier molecular flexibility index (Phi) is 7.65. The predicted octanol–water partition coefficient (Wildman–Crippen LogP) is 6.30. The zero-order chi connectivity index (χ0) is 24.3. The van der Waals surface area contributed by atoms with Crippen molar-refractivity contribution in [2.75, 3.05) is 10.9 Å². The molecule has 0 heterocycles. The van der Waals surface area contributed by atoms with Gasteiger partial charge in [-0.2, -0.15) is 4.31 Å². The van der Waals surface area contributed by atoms with Crippen LogP contribution in [0.3, 0.4) is 0 Å². The lowest BCUT2D eigenvalue weighted by Gasteiger charge is -2.25. The van der Waals surface area contributed by atoms with Crippen molar-refractivity contribution in [2.24, 2.45) is 0 Å². The summed E-state index contributed by atoms with van der Waals surface area (Å²) < 4.78 is 34.5. The molecular weight excluding hydrogens is 502 g/mol. The molecule has 0 unspecified atom stereocenters. The Morgan fingerprint density at radius 1 is 1.00 bits per heavy atom. The zero-order valence-electron chi connectivity index (χ0n) is 19.4. The van der Waals surface area contributed by atoms with Crippen LogP contribution in [0.1, 0.15) is 42.0 Å². The highest BCUT2D eigenvalue weighted by Crippen LogP contribution is 2.31. The molecule has 0 N–H and O–H groups in total. The third-order valence-corrected chi connectivity index (χ3v) is 7.92. The minimum absolute atomic E-state index is 0.0461. The summed E-state index contributed by atoms with van der Waals surface area (Å²) in [5, 5.41) is 0. The number of hydrogen-bond acceptors (Lipinski definition) is 4. The molecule has 0 radical (unpaired) electrons. The number of rotatable bonds is 7. The van der Waals surface area contributed by atoms with E-state index < -0.39 is 22.5 Å². The van der Waals surface area contributed by atoms with Crippen molar-refractivity contribution in [3.63, 3.8) is 0 Å². The molecule has 3 aromatic carbocycles. The van der Waals surface area contributed by atoms with Gasteiger partial charge in [0, 0.05) is 0 Å². The number of carbonyl (C=O) groups is 1. The van der Waals surface area contributed by atoms with Crippen LogP contribution in [-0.4, -0.2) is 20.9 Å². The third kappa shape index (κ3) is 5.47. The topological polar surface area (TPSA) is 63.7 Å². The van der Waals surface area contributed by atoms with Crippen molar-refractivity contribution in [3.8, 4) is 5.75 Å². The number of hydrogen-bond donors (Lipinski definition) is 0. The van der Waals surface area contributed by atoms with Crippen LogP contribution >= 0.6 is 15.9 Å². The molecule has 0 aliphatic rings. The van der Waals surface area contributed by atoms with Crippen LogP contribution in [0.2, 0.25) is 0 Å². The Bertz CT molecular complexity index is 1270. The van der Waals surface area contributed by atoms with E-state index in [9.17, 15) is 13.2 Å². The van der Waals surface area contributed by atoms with Crippen LogP contribution in [0.4, 0.5) is 5.69 Å². The monoisotopic (exact) mass is 529 g/mol. The first kappa shape index (κ1) is 25.0. The average molecular weight is 530 g/mol. The standard InChI is InChI=1S/C26H28BrNO4S/c1-17(2)21-11-14-25(23(27)15-21)32-16-26(29)28(24-8-6-7-19(4)20(24)5)33(30,31)22-12-9-18(3)10-13-22/h6-15,17H,16H2,1-5H3. The number of sulfonamides is 1. The third-order valence-electron chi connectivity index (χ3n) is 5.55. The first-order valence-electron chi connectivity index (χ1n) is 10.7. The van der Waals surface area contributed by atoms with E-state index in [4.69, 9.17) is 4.74 Å². The molecule has 0 spiro atoms. The number of aryl methyl sites for hydroxylation is 2. The Balaban J connectivity index is 1.98. The van der Waals surface area contributed by atoms with Gasteiger partial charge in [0.05, 0.1) is 15.1 Å². The quantitative estimate of drug-likeness (QED) is 0.360. The first-order valence-corrected chi connectivity index (χ1v) is 12.9. The number of carbonyl (C=O) groups excluding carboxylic acids is 1. The van der Waals surface area contributed by atoms with Gasteiger partial charge in [0.1, 0.15) is 5.75 Å². The molecule has 7 heteroatoms. The lowest BCUT2D eigenvalue weighted by Crippen LogP contribution is -2.40. The SMILES string of the molecule is Cc1ccc(S(=O)(=O)N(C(=O)COc2ccc(C(C)C)cc2Br)c2cccc(C)c2C)cc1. The fourth-order valence-electron chi connectivity index (χ4n) is 3.36. The van der Waals surface area contributed by atoms with Gasteiger partial charge >= 0.3 is 0 Å². The smallest absolute Gasteiger partial charge is 0.278 e. The molecule has 0 aromatic heterocycles. The molecule has 0 saturated carbocycles. The summed E-state index contributed by atoms with van der Waals surface area (Å²) in [7, 11) is -4.15. The second kappa shape index (κ2) is 10.1. The maximum Gasteiger partial charge on any atom is 0.278 e. The first-order chi connectivity index (χ1) is 15.5. The molecular formula is C26H28BrNO4S. The van der Waals surface area contributed by atoms with E-state index in [1.54, 1.807) is 37.3 Å². The fraction of sp³-hybridized carbons (Fsp3) is 0.269. The molecule has 0 aliphatic heterocycles. The molecule has 33 heavy (non-hydrogen) atoms. The summed E-state index contributed by atoms with van der Waals surface area (Å²) in [4.78, 5) is 13.4. The Hall–Kier alpha value is -2.64. The van der Waals surface area contributed by atoms with Crippen LogP contribution in [0, 0.1) is 20.8 Å². The summed E-state index contributed by atoms with van der Waals surface area (Å²) in [5.41, 5.74) is 3.97. The molecule has 3 rings (SSSR count).